The zero-order chi connectivity index (χ0) is 15.5. The summed E-state index contributed by atoms with van der Waals surface area (Å²) in [5.74, 6) is -0.977. The zero-order valence-corrected chi connectivity index (χ0v) is 12.0. The molecule has 0 bridgehead atoms. The molecule has 2 N–H and O–H groups in total. The summed E-state index contributed by atoms with van der Waals surface area (Å²) in [6.45, 7) is 0.917. The van der Waals surface area contributed by atoms with Gasteiger partial charge in [0.15, 0.2) is 5.69 Å². The molecule has 7 heteroatoms. The van der Waals surface area contributed by atoms with Crippen LogP contribution in [-0.2, 0) is 24.2 Å². The first-order valence-corrected chi connectivity index (χ1v) is 7.11. The van der Waals surface area contributed by atoms with Crippen LogP contribution in [0.5, 0.6) is 0 Å². The second-order valence-corrected chi connectivity index (χ2v) is 5.26. The van der Waals surface area contributed by atoms with E-state index in [2.05, 4.69) is 15.2 Å². The van der Waals surface area contributed by atoms with Gasteiger partial charge in [-0.15, -0.1) is 0 Å². The number of aromatic nitrogens is 3. The highest BCUT2D eigenvalue weighted by molar-refractivity contribution is 5.87. The number of aromatic amines is 1. The van der Waals surface area contributed by atoms with Crippen molar-refractivity contribution in [3.05, 3.63) is 47.0 Å². The van der Waals surface area contributed by atoms with Crippen molar-refractivity contribution in [2.45, 2.75) is 25.8 Å². The van der Waals surface area contributed by atoms with Crippen LogP contribution in [-0.4, -0.2) is 43.6 Å². The second-order valence-electron chi connectivity index (χ2n) is 5.26. The van der Waals surface area contributed by atoms with Crippen LogP contribution in [0.1, 0.15) is 33.7 Å². The van der Waals surface area contributed by atoms with Crippen molar-refractivity contribution in [2.24, 2.45) is 0 Å². The van der Waals surface area contributed by atoms with Gasteiger partial charge in [0, 0.05) is 30.9 Å². The fourth-order valence-corrected chi connectivity index (χ4v) is 2.66. The van der Waals surface area contributed by atoms with Gasteiger partial charge in [-0.05, 0) is 24.5 Å². The van der Waals surface area contributed by atoms with Gasteiger partial charge in [0.25, 0.3) is 0 Å². The molecule has 2 aromatic heterocycles. The number of nitrogens with one attached hydrogen (secondary N) is 1. The Bertz CT molecular complexity index is 696. The molecule has 3 heterocycles. The first-order valence-electron chi connectivity index (χ1n) is 7.11. The predicted molar refractivity (Wildman–Crippen MR) is 77.2 cm³/mol. The standard InChI is InChI=1S/C15H16N4O3/c20-13(4-3-10-2-1-6-16-8-10)19-7-5-11-12(9-19)17-18-14(11)15(21)22/h1-2,6,8H,3-5,7,9H2,(H,17,18)(H,21,22). The fourth-order valence-electron chi connectivity index (χ4n) is 2.66. The van der Waals surface area contributed by atoms with Crippen molar-refractivity contribution in [3.63, 3.8) is 0 Å². The van der Waals surface area contributed by atoms with E-state index in [1.165, 1.54) is 0 Å². The molecule has 7 nitrogen and oxygen atoms in total. The monoisotopic (exact) mass is 300 g/mol. The molecule has 0 fully saturated rings. The van der Waals surface area contributed by atoms with Gasteiger partial charge in [-0.25, -0.2) is 4.79 Å². The van der Waals surface area contributed by atoms with Crippen molar-refractivity contribution in [1.82, 2.24) is 20.1 Å². The lowest BCUT2D eigenvalue weighted by molar-refractivity contribution is -0.132. The number of fused-ring (bicyclic) bond motifs is 1. The third-order valence-electron chi connectivity index (χ3n) is 3.84. The number of nitrogens with zero attached hydrogens (tertiary/aromatic N) is 3. The first kappa shape index (κ1) is 14.2. The Kier molecular flexibility index (Phi) is 3.86. The van der Waals surface area contributed by atoms with Crippen LogP contribution in [0.3, 0.4) is 0 Å². The third kappa shape index (κ3) is 2.83. The minimum absolute atomic E-state index is 0.0565. The molecule has 1 aliphatic heterocycles. The third-order valence-corrected chi connectivity index (χ3v) is 3.84. The van der Waals surface area contributed by atoms with Crippen molar-refractivity contribution in [1.29, 1.82) is 0 Å². The van der Waals surface area contributed by atoms with Crippen molar-refractivity contribution in [3.8, 4) is 0 Å². The molecule has 0 atom stereocenters. The summed E-state index contributed by atoms with van der Waals surface area (Å²) in [4.78, 5) is 29.1. The van der Waals surface area contributed by atoms with E-state index < -0.39 is 5.97 Å². The topological polar surface area (TPSA) is 99.2 Å². The van der Waals surface area contributed by atoms with Gasteiger partial charge in [0.05, 0.1) is 12.2 Å². The van der Waals surface area contributed by atoms with Crippen molar-refractivity contribution >= 4 is 11.9 Å². The number of carbonyl (C=O) groups is 2. The van der Waals surface area contributed by atoms with E-state index in [-0.39, 0.29) is 11.6 Å². The lowest BCUT2D eigenvalue weighted by Gasteiger charge is -2.26. The van der Waals surface area contributed by atoms with Gasteiger partial charge >= 0.3 is 5.97 Å². The molecule has 0 aromatic carbocycles. The van der Waals surface area contributed by atoms with Crippen molar-refractivity contribution < 1.29 is 14.7 Å². The number of carbonyl (C=O) groups excluding carboxylic acids is 1. The molecule has 2 aromatic rings. The summed E-state index contributed by atoms with van der Waals surface area (Å²) >= 11 is 0. The quantitative estimate of drug-likeness (QED) is 0.878. The molecule has 0 saturated heterocycles. The minimum atomic E-state index is -1.03. The number of rotatable bonds is 4. The number of carboxylic acid groups (broad SMARTS) is 1. The predicted octanol–water partition coefficient (Wildman–Crippen LogP) is 1.02. The number of aryl methyl sites for hydroxylation is 1. The van der Waals surface area contributed by atoms with Gasteiger partial charge in [0.2, 0.25) is 5.91 Å². The van der Waals surface area contributed by atoms with Gasteiger partial charge < -0.3 is 10.0 Å². The highest BCUT2D eigenvalue weighted by Gasteiger charge is 2.26. The number of carboxylic acids is 1. The number of pyridine rings is 1. The summed E-state index contributed by atoms with van der Waals surface area (Å²) in [6.07, 6.45) is 5.05. The molecule has 0 saturated carbocycles. The van der Waals surface area contributed by atoms with Gasteiger partial charge in [0.1, 0.15) is 0 Å². The van der Waals surface area contributed by atoms with E-state index >= 15 is 0 Å². The molecular formula is C15H16N4O3. The van der Waals surface area contributed by atoms with Crippen LogP contribution in [0.25, 0.3) is 0 Å². The summed E-state index contributed by atoms with van der Waals surface area (Å²) < 4.78 is 0. The Morgan fingerprint density at radius 2 is 2.27 bits per heavy atom. The molecule has 114 valence electrons. The lowest BCUT2D eigenvalue weighted by atomic mass is 10.0. The molecule has 1 aliphatic rings. The molecule has 0 aliphatic carbocycles. The smallest absolute Gasteiger partial charge is 0.356 e. The fraction of sp³-hybridized carbons (Fsp3) is 0.333. The molecule has 1 amide bonds. The molecule has 3 rings (SSSR count). The maximum Gasteiger partial charge on any atom is 0.356 e. The average molecular weight is 300 g/mol. The summed E-state index contributed by atoms with van der Waals surface area (Å²) in [6, 6.07) is 3.80. The number of aromatic carboxylic acids is 1. The van der Waals surface area contributed by atoms with Crippen LogP contribution in [0, 0.1) is 0 Å². The Hall–Kier alpha value is -2.70. The largest absolute Gasteiger partial charge is 0.476 e. The number of amides is 1. The number of hydrogen-bond acceptors (Lipinski definition) is 4. The van der Waals surface area contributed by atoms with Gasteiger partial charge in [-0.3, -0.25) is 14.9 Å². The molecular weight excluding hydrogens is 284 g/mol. The Balaban J connectivity index is 1.62. The summed E-state index contributed by atoms with van der Waals surface area (Å²) in [5, 5.41) is 15.6. The highest BCUT2D eigenvalue weighted by Crippen LogP contribution is 2.21. The summed E-state index contributed by atoms with van der Waals surface area (Å²) in [7, 11) is 0. The van der Waals surface area contributed by atoms with Crippen LogP contribution in [0.2, 0.25) is 0 Å². The van der Waals surface area contributed by atoms with Crippen molar-refractivity contribution in [2.75, 3.05) is 6.54 Å². The van der Waals surface area contributed by atoms with Gasteiger partial charge in [-0.2, -0.15) is 5.10 Å². The average Bonchev–Trinajstić information content (AvgIpc) is 2.97. The van der Waals surface area contributed by atoms with Crippen LogP contribution in [0.4, 0.5) is 0 Å². The second kappa shape index (κ2) is 5.97. The van der Waals surface area contributed by atoms with Crippen LogP contribution in [0.15, 0.2) is 24.5 Å². The Morgan fingerprint density at radius 1 is 1.41 bits per heavy atom. The van der Waals surface area contributed by atoms with Crippen LogP contribution >= 0.6 is 0 Å². The van der Waals surface area contributed by atoms with E-state index in [0.717, 1.165) is 11.3 Å². The maximum atomic E-state index is 12.3. The Labute approximate surface area is 127 Å². The van der Waals surface area contributed by atoms with E-state index in [4.69, 9.17) is 5.11 Å². The summed E-state index contributed by atoms with van der Waals surface area (Å²) in [5.41, 5.74) is 2.53. The Morgan fingerprint density at radius 3 is 3.00 bits per heavy atom. The molecule has 0 unspecified atom stereocenters. The minimum Gasteiger partial charge on any atom is -0.476 e. The molecule has 0 radical (unpaired) electrons. The lowest BCUT2D eigenvalue weighted by Crippen LogP contribution is -2.36. The number of H-pyrrole nitrogens is 1. The SMILES string of the molecule is O=C(O)c1n[nH]c2c1CCN(C(=O)CCc1cccnc1)C2. The van der Waals surface area contributed by atoms with Gasteiger partial charge in [-0.1, -0.05) is 6.07 Å². The molecule has 22 heavy (non-hydrogen) atoms. The highest BCUT2D eigenvalue weighted by atomic mass is 16.4. The zero-order valence-electron chi connectivity index (χ0n) is 12.0. The van der Waals surface area contributed by atoms with E-state index in [9.17, 15) is 9.59 Å². The first-order chi connectivity index (χ1) is 10.6. The number of hydrogen-bond donors (Lipinski definition) is 2. The maximum absolute atomic E-state index is 12.3. The normalized spacial score (nSPS) is 13.7. The molecule has 0 spiro atoms. The van der Waals surface area contributed by atoms with E-state index in [1.807, 2.05) is 12.1 Å². The van der Waals surface area contributed by atoms with Crippen LogP contribution < -0.4 is 0 Å². The van der Waals surface area contributed by atoms with E-state index in [1.54, 1.807) is 17.3 Å². The van der Waals surface area contributed by atoms with E-state index in [0.29, 0.717) is 37.9 Å².